The molecule has 2 heterocycles. The Bertz CT molecular complexity index is 764. The molecule has 114 valence electrons. The predicted octanol–water partition coefficient (Wildman–Crippen LogP) is 3.04. The van der Waals surface area contributed by atoms with E-state index in [1.807, 2.05) is 12.1 Å². The molecule has 0 fully saturated rings. The third-order valence-corrected chi connectivity index (χ3v) is 3.44. The third-order valence-electron chi connectivity index (χ3n) is 3.44. The summed E-state index contributed by atoms with van der Waals surface area (Å²) in [6.07, 6.45) is 0.805. The minimum atomic E-state index is -0.211. The number of rotatable bonds is 5. The highest BCUT2D eigenvalue weighted by molar-refractivity contribution is 5.44. The van der Waals surface area contributed by atoms with E-state index >= 15 is 0 Å². The number of hydrogen-bond acceptors (Lipinski definition) is 4. The van der Waals surface area contributed by atoms with Gasteiger partial charge in [-0.3, -0.25) is 0 Å². The van der Waals surface area contributed by atoms with Gasteiger partial charge in [0.25, 0.3) is 0 Å². The van der Waals surface area contributed by atoms with Crippen LogP contribution in [-0.4, -0.2) is 26.4 Å². The lowest BCUT2D eigenvalue weighted by Crippen LogP contribution is -2.09. The zero-order valence-electron chi connectivity index (χ0n) is 12.6. The zero-order chi connectivity index (χ0) is 15.5. The van der Waals surface area contributed by atoms with Gasteiger partial charge in [-0.05, 0) is 36.2 Å². The highest BCUT2D eigenvalue weighted by atomic mass is 19.1. The lowest BCUT2D eigenvalue weighted by molar-refractivity contribution is 0.627. The van der Waals surface area contributed by atoms with E-state index < -0.39 is 0 Å². The van der Waals surface area contributed by atoms with Gasteiger partial charge in [0, 0.05) is 12.5 Å². The largest absolute Gasteiger partial charge is 0.368 e. The normalized spacial score (nSPS) is 11.3. The Kier molecular flexibility index (Phi) is 4.00. The summed E-state index contributed by atoms with van der Waals surface area (Å²) in [4.78, 5) is 0. The highest BCUT2D eigenvalue weighted by Crippen LogP contribution is 2.14. The average molecular weight is 299 g/mol. The maximum atomic E-state index is 12.9. The molecule has 0 aliphatic heterocycles. The predicted molar refractivity (Wildman–Crippen MR) is 83.5 cm³/mol. The number of benzene rings is 1. The standard InChI is InChI=1S/C16H18FN5/c1-11(2)16-20-19-15-8-7-14(21-22(15)16)18-10-9-12-3-5-13(17)6-4-12/h3-8,11H,9-10H2,1-2H3,(H,18,21). The molecule has 3 rings (SSSR count). The van der Waals surface area contributed by atoms with Gasteiger partial charge in [-0.1, -0.05) is 26.0 Å². The summed E-state index contributed by atoms with van der Waals surface area (Å²) in [5.41, 5.74) is 1.83. The van der Waals surface area contributed by atoms with Crippen molar-refractivity contribution in [3.8, 4) is 0 Å². The number of nitrogens with zero attached hydrogens (tertiary/aromatic N) is 4. The Morgan fingerprint density at radius 2 is 1.86 bits per heavy atom. The lowest BCUT2D eigenvalue weighted by Gasteiger charge is -2.07. The molecule has 0 atom stereocenters. The van der Waals surface area contributed by atoms with Crippen molar-refractivity contribution in [3.63, 3.8) is 0 Å². The van der Waals surface area contributed by atoms with Crippen molar-refractivity contribution in [1.82, 2.24) is 19.8 Å². The number of aromatic nitrogens is 4. The maximum Gasteiger partial charge on any atom is 0.178 e. The average Bonchev–Trinajstić information content (AvgIpc) is 2.92. The van der Waals surface area contributed by atoms with Crippen LogP contribution in [0.5, 0.6) is 0 Å². The topological polar surface area (TPSA) is 55.1 Å². The summed E-state index contributed by atoms with van der Waals surface area (Å²) >= 11 is 0. The molecule has 0 saturated carbocycles. The molecule has 0 aliphatic rings. The second-order valence-corrected chi connectivity index (χ2v) is 5.50. The lowest BCUT2D eigenvalue weighted by atomic mass is 10.1. The summed E-state index contributed by atoms with van der Waals surface area (Å²) in [6.45, 7) is 4.85. The van der Waals surface area contributed by atoms with Gasteiger partial charge in [-0.15, -0.1) is 15.3 Å². The van der Waals surface area contributed by atoms with Gasteiger partial charge < -0.3 is 5.32 Å². The van der Waals surface area contributed by atoms with E-state index in [0.717, 1.165) is 35.8 Å². The molecule has 0 saturated heterocycles. The number of anilines is 1. The van der Waals surface area contributed by atoms with Crippen LogP contribution in [0.2, 0.25) is 0 Å². The quantitative estimate of drug-likeness (QED) is 0.787. The molecule has 0 spiro atoms. The number of hydrogen-bond donors (Lipinski definition) is 1. The molecule has 1 aromatic carbocycles. The smallest absolute Gasteiger partial charge is 0.178 e. The van der Waals surface area contributed by atoms with E-state index in [-0.39, 0.29) is 11.7 Å². The molecule has 6 heteroatoms. The van der Waals surface area contributed by atoms with Crippen molar-refractivity contribution < 1.29 is 4.39 Å². The van der Waals surface area contributed by atoms with E-state index in [1.165, 1.54) is 12.1 Å². The van der Waals surface area contributed by atoms with Gasteiger partial charge in [-0.2, -0.15) is 4.52 Å². The van der Waals surface area contributed by atoms with Crippen LogP contribution in [0, 0.1) is 5.82 Å². The molecule has 2 aromatic heterocycles. The molecule has 0 amide bonds. The van der Waals surface area contributed by atoms with E-state index in [1.54, 1.807) is 16.6 Å². The zero-order valence-corrected chi connectivity index (χ0v) is 12.6. The fraction of sp³-hybridized carbons (Fsp3) is 0.312. The summed E-state index contributed by atoms with van der Waals surface area (Å²) in [6, 6.07) is 10.3. The first-order valence-corrected chi connectivity index (χ1v) is 7.34. The molecule has 0 aliphatic carbocycles. The number of nitrogens with one attached hydrogen (secondary N) is 1. The van der Waals surface area contributed by atoms with Crippen LogP contribution in [0.4, 0.5) is 10.2 Å². The maximum absolute atomic E-state index is 12.9. The molecular weight excluding hydrogens is 281 g/mol. The van der Waals surface area contributed by atoms with Gasteiger partial charge in [0.05, 0.1) is 0 Å². The van der Waals surface area contributed by atoms with Crippen LogP contribution < -0.4 is 5.32 Å². The summed E-state index contributed by atoms with van der Waals surface area (Å²) in [7, 11) is 0. The molecular formula is C16H18FN5. The van der Waals surface area contributed by atoms with Crippen molar-refractivity contribution in [2.75, 3.05) is 11.9 Å². The summed E-state index contributed by atoms with van der Waals surface area (Å²) in [5, 5.41) is 16.1. The van der Waals surface area contributed by atoms with Crippen LogP contribution in [0.15, 0.2) is 36.4 Å². The van der Waals surface area contributed by atoms with Crippen molar-refractivity contribution in [2.24, 2.45) is 0 Å². The van der Waals surface area contributed by atoms with Crippen molar-refractivity contribution in [3.05, 3.63) is 53.6 Å². The number of halogens is 1. The van der Waals surface area contributed by atoms with E-state index in [2.05, 4.69) is 34.5 Å². The highest BCUT2D eigenvalue weighted by Gasteiger charge is 2.10. The van der Waals surface area contributed by atoms with E-state index in [4.69, 9.17) is 0 Å². The van der Waals surface area contributed by atoms with Gasteiger partial charge in [-0.25, -0.2) is 4.39 Å². The first-order chi connectivity index (χ1) is 10.6. The SMILES string of the molecule is CC(C)c1nnc2ccc(NCCc3ccc(F)cc3)nn12. The second-order valence-electron chi connectivity index (χ2n) is 5.50. The Morgan fingerprint density at radius 1 is 1.09 bits per heavy atom. The van der Waals surface area contributed by atoms with Gasteiger partial charge >= 0.3 is 0 Å². The minimum absolute atomic E-state index is 0.211. The molecule has 22 heavy (non-hydrogen) atoms. The Hall–Kier alpha value is -2.50. The first-order valence-electron chi connectivity index (χ1n) is 7.34. The summed E-state index contributed by atoms with van der Waals surface area (Å²) < 4.78 is 14.6. The van der Waals surface area contributed by atoms with E-state index in [9.17, 15) is 4.39 Å². The fourth-order valence-electron chi connectivity index (χ4n) is 2.25. The van der Waals surface area contributed by atoms with Crippen LogP contribution in [0.25, 0.3) is 5.65 Å². The van der Waals surface area contributed by atoms with Crippen LogP contribution in [0.3, 0.4) is 0 Å². The Balaban J connectivity index is 1.68. The fourth-order valence-corrected chi connectivity index (χ4v) is 2.25. The van der Waals surface area contributed by atoms with Crippen molar-refractivity contribution >= 4 is 11.5 Å². The van der Waals surface area contributed by atoms with Gasteiger partial charge in [0.1, 0.15) is 11.6 Å². The molecule has 0 unspecified atom stereocenters. The van der Waals surface area contributed by atoms with Crippen molar-refractivity contribution in [1.29, 1.82) is 0 Å². The first kappa shape index (κ1) is 14.4. The number of fused-ring (bicyclic) bond motifs is 1. The van der Waals surface area contributed by atoms with Gasteiger partial charge in [0.15, 0.2) is 11.5 Å². The van der Waals surface area contributed by atoms with Gasteiger partial charge in [0.2, 0.25) is 0 Å². The molecule has 1 N–H and O–H groups in total. The van der Waals surface area contributed by atoms with Crippen LogP contribution in [-0.2, 0) is 6.42 Å². The molecule has 0 radical (unpaired) electrons. The Morgan fingerprint density at radius 3 is 2.59 bits per heavy atom. The third kappa shape index (κ3) is 3.05. The minimum Gasteiger partial charge on any atom is -0.368 e. The summed E-state index contributed by atoms with van der Waals surface area (Å²) in [5.74, 6) is 1.67. The molecule has 0 bridgehead atoms. The monoisotopic (exact) mass is 299 g/mol. The van der Waals surface area contributed by atoms with E-state index in [0.29, 0.717) is 0 Å². The molecule has 3 aromatic rings. The molecule has 5 nitrogen and oxygen atoms in total. The Labute approximate surface area is 128 Å². The van der Waals surface area contributed by atoms with Crippen molar-refractivity contribution in [2.45, 2.75) is 26.2 Å². The van der Waals surface area contributed by atoms with Crippen LogP contribution >= 0.6 is 0 Å². The van der Waals surface area contributed by atoms with Crippen LogP contribution in [0.1, 0.15) is 31.2 Å². The second kappa shape index (κ2) is 6.09.